The van der Waals surface area contributed by atoms with Crippen LogP contribution in [0, 0.1) is 33.1 Å². The smallest absolute Gasteiger partial charge is 0.308 e. The lowest BCUT2D eigenvalue weighted by Gasteiger charge is -2.18. The fourth-order valence-electron chi connectivity index (χ4n) is 2.23. The lowest BCUT2D eigenvalue weighted by molar-refractivity contribution is -0.131. The highest BCUT2D eigenvalue weighted by Gasteiger charge is 2.16. The van der Waals surface area contributed by atoms with E-state index in [1.807, 2.05) is 33.8 Å². The molecule has 0 fully saturated rings. The molecule has 2 heteroatoms. The molecule has 0 aliphatic heterocycles. The van der Waals surface area contributed by atoms with E-state index >= 15 is 0 Å². The van der Waals surface area contributed by atoms with E-state index in [-0.39, 0.29) is 11.9 Å². The zero-order valence-corrected chi connectivity index (χ0v) is 11.0. The van der Waals surface area contributed by atoms with Crippen LogP contribution in [0.15, 0.2) is 6.07 Å². The van der Waals surface area contributed by atoms with Gasteiger partial charge >= 0.3 is 5.97 Å². The average Bonchev–Trinajstić information content (AvgIpc) is 2.23. The molecule has 0 heterocycles. The number of terminal acetylenes is 1. The molecule has 0 bridgehead atoms. The summed E-state index contributed by atoms with van der Waals surface area (Å²) >= 11 is 0. The molecular weight excluding hydrogens is 212 g/mol. The Bertz CT molecular complexity index is 493. The van der Waals surface area contributed by atoms with Crippen molar-refractivity contribution in [2.24, 2.45) is 0 Å². The second-order valence-corrected chi connectivity index (χ2v) is 4.36. The number of carbonyl (C=O) groups excluding carboxylic acids is 1. The lowest BCUT2D eigenvalue weighted by atomic mass is 9.90. The third-order valence-electron chi connectivity index (χ3n) is 2.89. The largest absolute Gasteiger partial charge is 0.426 e. The minimum Gasteiger partial charge on any atom is -0.426 e. The van der Waals surface area contributed by atoms with E-state index in [1.54, 1.807) is 0 Å². The lowest BCUT2D eigenvalue weighted by Crippen LogP contribution is -2.08. The second kappa shape index (κ2) is 5.05. The summed E-state index contributed by atoms with van der Waals surface area (Å²) < 4.78 is 5.26. The summed E-state index contributed by atoms with van der Waals surface area (Å²) in [5.74, 6) is 3.07. The van der Waals surface area contributed by atoms with E-state index in [0.29, 0.717) is 5.75 Å². The van der Waals surface area contributed by atoms with Gasteiger partial charge in [-0.3, -0.25) is 4.79 Å². The molecule has 0 amide bonds. The van der Waals surface area contributed by atoms with Crippen LogP contribution in [0.5, 0.6) is 5.75 Å². The first-order valence-corrected chi connectivity index (χ1v) is 5.63. The summed E-state index contributed by atoms with van der Waals surface area (Å²) in [7, 11) is 0. The van der Waals surface area contributed by atoms with Crippen molar-refractivity contribution in [1.82, 2.24) is 0 Å². The Morgan fingerprint density at radius 1 is 1.35 bits per heavy atom. The van der Waals surface area contributed by atoms with Crippen LogP contribution in [-0.2, 0) is 4.79 Å². The van der Waals surface area contributed by atoms with Crippen LogP contribution in [0.4, 0.5) is 0 Å². The molecular formula is C15H18O2. The maximum atomic E-state index is 11.1. The minimum atomic E-state index is -0.306. The molecule has 17 heavy (non-hydrogen) atoms. The van der Waals surface area contributed by atoms with Crippen molar-refractivity contribution in [3.63, 3.8) is 0 Å². The van der Waals surface area contributed by atoms with Crippen LogP contribution >= 0.6 is 0 Å². The van der Waals surface area contributed by atoms with Crippen molar-refractivity contribution < 1.29 is 9.53 Å². The molecule has 0 saturated carbocycles. The molecule has 0 saturated heterocycles. The molecule has 0 radical (unpaired) electrons. The first-order chi connectivity index (χ1) is 7.88. The van der Waals surface area contributed by atoms with Gasteiger partial charge in [-0.1, -0.05) is 12.0 Å². The number of hydrogen-bond donors (Lipinski definition) is 0. The Kier molecular flexibility index (Phi) is 3.96. The Balaban J connectivity index is 3.43. The fraction of sp³-hybridized carbons (Fsp3) is 0.400. The number of benzene rings is 1. The maximum Gasteiger partial charge on any atom is 0.308 e. The second-order valence-electron chi connectivity index (χ2n) is 4.36. The number of hydrogen-bond acceptors (Lipinski definition) is 2. The third kappa shape index (κ3) is 2.68. The standard InChI is InChI=1S/C15H18O2/c1-7-9(2)14-10(3)8-11(4)15(12(14)5)17-13(6)16/h1,8-9H,2-6H3. The van der Waals surface area contributed by atoms with Crippen LogP contribution in [0.25, 0.3) is 0 Å². The van der Waals surface area contributed by atoms with E-state index in [2.05, 4.69) is 5.92 Å². The van der Waals surface area contributed by atoms with Crippen molar-refractivity contribution in [1.29, 1.82) is 0 Å². The van der Waals surface area contributed by atoms with Gasteiger partial charge in [-0.25, -0.2) is 0 Å². The van der Waals surface area contributed by atoms with Gasteiger partial charge in [0.1, 0.15) is 5.75 Å². The van der Waals surface area contributed by atoms with Crippen LogP contribution in [0.2, 0.25) is 0 Å². The summed E-state index contributed by atoms with van der Waals surface area (Å²) in [6, 6.07) is 2.01. The molecule has 0 N–H and O–H groups in total. The van der Waals surface area contributed by atoms with E-state index in [9.17, 15) is 4.79 Å². The van der Waals surface area contributed by atoms with Gasteiger partial charge < -0.3 is 4.74 Å². The van der Waals surface area contributed by atoms with Crippen molar-refractivity contribution in [2.45, 2.75) is 40.5 Å². The van der Waals surface area contributed by atoms with E-state index in [4.69, 9.17) is 11.2 Å². The Morgan fingerprint density at radius 3 is 2.41 bits per heavy atom. The van der Waals surface area contributed by atoms with Crippen LogP contribution in [-0.4, -0.2) is 5.97 Å². The minimum absolute atomic E-state index is 0.0184. The number of rotatable bonds is 2. The number of carbonyl (C=O) groups is 1. The monoisotopic (exact) mass is 230 g/mol. The maximum absolute atomic E-state index is 11.1. The van der Waals surface area contributed by atoms with Gasteiger partial charge in [-0.2, -0.15) is 0 Å². The average molecular weight is 230 g/mol. The molecule has 1 atom stereocenters. The van der Waals surface area contributed by atoms with Crippen molar-refractivity contribution in [3.05, 3.63) is 28.3 Å². The SMILES string of the molecule is C#CC(C)c1c(C)cc(C)c(OC(C)=O)c1C. The summed E-state index contributed by atoms with van der Waals surface area (Å²) in [6.45, 7) is 9.29. The van der Waals surface area contributed by atoms with Gasteiger partial charge in [0.25, 0.3) is 0 Å². The van der Waals surface area contributed by atoms with Gasteiger partial charge in [-0.05, 0) is 49.9 Å². The molecule has 1 aromatic carbocycles. The predicted molar refractivity (Wildman–Crippen MR) is 69.2 cm³/mol. The summed E-state index contributed by atoms with van der Waals surface area (Å²) in [4.78, 5) is 11.1. The van der Waals surface area contributed by atoms with E-state index in [0.717, 1.165) is 22.3 Å². The Hall–Kier alpha value is -1.75. The van der Waals surface area contributed by atoms with Crippen LogP contribution in [0.3, 0.4) is 0 Å². The van der Waals surface area contributed by atoms with Crippen LogP contribution in [0.1, 0.15) is 42.0 Å². The molecule has 0 aliphatic rings. The molecule has 0 aliphatic carbocycles. The highest BCUT2D eigenvalue weighted by Crippen LogP contribution is 2.33. The van der Waals surface area contributed by atoms with Crippen molar-refractivity contribution in [3.8, 4) is 18.1 Å². The summed E-state index contributed by atoms with van der Waals surface area (Å²) in [5, 5.41) is 0. The van der Waals surface area contributed by atoms with E-state index < -0.39 is 0 Å². The summed E-state index contributed by atoms with van der Waals surface area (Å²) in [6.07, 6.45) is 5.47. The molecule has 1 unspecified atom stereocenters. The molecule has 2 nitrogen and oxygen atoms in total. The summed E-state index contributed by atoms with van der Waals surface area (Å²) in [5.41, 5.74) is 4.14. The predicted octanol–water partition coefficient (Wildman–Crippen LogP) is 3.27. The zero-order chi connectivity index (χ0) is 13.2. The normalized spacial score (nSPS) is 11.8. The van der Waals surface area contributed by atoms with Crippen molar-refractivity contribution in [2.75, 3.05) is 0 Å². The molecule has 0 spiro atoms. The van der Waals surface area contributed by atoms with Gasteiger partial charge in [-0.15, -0.1) is 6.42 Å². The quantitative estimate of drug-likeness (QED) is 0.443. The Labute approximate surface area is 103 Å². The Morgan fingerprint density at radius 2 is 1.94 bits per heavy atom. The van der Waals surface area contributed by atoms with Gasteiger partial charge in [0, 0.05) is 12.8 Å². The third-order valence-corrected chi connectivity index (χ3v) is 2.89. The molecule has 1 rings (SSSR count). The van der Waals surface area contributed by atoms with Gasteiger partial charge in [0.15, 0.2) is 0 Å². The molecule has 1 aromatic rings. The fourth-order valence-corrected chi connectivity index (χ4v) is 2.23. The van der Waals surface area contributed by atoms with Crippen LogP contribution < -0.4 is 4.74 Å². The van der Waals surface area contributed by atoms with E-state index in [1.165, 1.54) is 6.92 Å². The zero-order valence-electron chi connectivity index (χ0n) is 11.0. The van der Waals surface area contributed by atoms with Crippen molar-refractivity contribution >= 4 is 5.97 Å². The first kappa shape index (κ1) is 13.3. The topological polar surface area (TPSA) is 26.3 Å². The number of ether oxygens (including phenoxy) is 1. The first-order valence-electron chi connectivity index (χ1n) is 5.63. The van der Waals surface area contributed by atoms with Gasteiger partial charge in [0.05, 0.1) is 0 Å². The molecule has 90 valence electrons. The number of aryl methyl sites for hydroxylation is 2. The molecule has 0 aromatic heterocycles. The van der Waals surface area contributed by atoms with Gasteiger partial charge in [0.2, 0.25) is 0 Å². The highest BCUT2D eigenvalue weighted by atomic mass is 16.5. The highest BCUT2D eigenvalue weighted by molar-refractivity contribution is 5.71. The number of esters is 1.